The van der Waals surface area contributed by atoms with Gasteiger partial charge in [0.2, 0.25) is 10.0 Å². The standard InChI is InChI=1S/C16H16ClFN2O2S/c17-13-9-12(4-5-14(13)18)10-23(21,22)20-11-16(6-7-16)15-3-1-2-8-19-15/h1-5,8-9,20H,6-7,10-11H2. The van der Waals surface area contributed by atoms with Crippen LogP contribution in [-0.2, 0) is 21.2 Å². The molecule has 1 heterocycles. The Morgan fingerprint density at radius 2 is 2.04 bits per heavy atom. The average Bonchev–Trinajstić information content (AvgIpc) is 3.31. The summed E-state index contributed by atoms with van der Waals surface area (Å²) >= 11 is 5.68. The van der Waals surface area contributed by atoms with Crippen molar-refractivity contribution in [2.24, 2.45) is 0 Å². The van der Waals surface area contributed by atoms with E-state index in [1.165, 1.54) is 18.2 Å². The van der Waals surface area contributed by atoms with Crippen LogP contribution < -0.4 is 4.72 Å². The average molecular weight is 355 g/mol. The van der Waals surface area contributed by atoms with Gasteiger partial charge < -0.3 is 0 Å². The third-order valence-electron chi connectivity index (χ3n) is 4.03. The lowest BCUT2D eigenvalue weighted by atomic mass is 10.0. The normalized spacial score (nSPS) is 16.3. The van der Waals surface area contributed by atoms with Gasteiger partial charge in [0.1, 0.15) is 5.82 Å². The fourth-order valence-corrected chi connectivity index (χ4v) is 3.92. The Balaban J connectivity index is 1.66. The van der Waals surface area contributed by atoms with Gasteiger partial charge in [-0.25, -0.2) is 17.5 Å². The number of sulfonamides is 1. The van der Waals surface area contributed by atoms with E-state index in [1.807, 2.05) is 18.2 Å². The Kier molecular flexibility index (Phi) is 4.40. The summed E-state index contributed by atoms with van der Waals surface area (Å²) in [6.45, 7) is 0.321. The van der Waals surface area contributed by atoms with Gasteiger partial charge in [-0.3, -0.25) is 4.98 Å². The highest BCUT2D eigenvalue weighted by Crippen LogP contribution is 2.46. The van der Waals surface area contributed by atoms with Crippen molar-refractivity contribution in [2.45, 2.75) is 24.0 Å². The maximum absolute atomic E-state index is 13.1. The van der Waals surface area contributed by atoms with Crippen LogP contribution in [0.2, 0.25) is 5.02 Å². The Morgan fingerprint density at radius 1 is 1.26 bits per heavy atom. The van der Waals surface area contributed by atoms with Gasteiger partial charge in [0, 0.05) is 23.9 Å². The second-order valence-corrected chi connectivity index (χ2v) is 8.04. The van der Waals surface area contributed by atoms with Crippen molar-refractivity contribution in [3.8, 4) is 0 Å². The highest BCUT2D eigenvalue weighted by atomic mass is 35.5. The fourth-order valence-electron chi connectivity index (χ4n) is 2.50. The number of hydrogen-bond donors (Lipinski definition) is 1. The van der Waals surface area contributed by atoms with E-state index in [0.717, 1.165) is 18.5 Å². The van der Waals surface area contributed by atoms with E-state index in [4.69, 9.17) is 11.6 Å². The van der Waals surface area contributed by atoms with E-state index in [1.54, 1.807) is 6.20 Å². The molecule has 0 saturated heterocycles. The van der Waals surface area contributed by atoms with Crippen LogP contribution in [0.5, 0.6) is 0 Å². The first-order valence-corrected chi connectivity index (χ1v) is 9.26. The minimum absolute atomic E-state index is 0.0788. The third kappa shape index (κ3) is 3.88. The molecule has 0 atom stereocenters. The number of hydrogen-bond acceptors (Lipinski definition) is 3. The maximum Gasteiger partial charge on any atom is 0.215 e. The van der Waals surface area contributed by atoms with Gasteiger partial charge in [0.15, 0.2) is 0 Å². The molecular formula is C16H16ClFN2O2S. The number of rotatable bonds is 6. The van der Waals surface area contributed by atoms with E-state index in [0.29, 0.717) is 12.1 Å². The van der Waals surface area contributed by atoms with Crippen molar-refractivity contribution in [2.75, 3.05) is 6.54 Å². The molecule has 3 rings (SSSR count). The zero-order valence-corrected chi connectivity index (χ0v) is 13.9. The molecule has 23 heavy (non-hydrogen) atoms. The summed E-state index contributed by atoms with van der Waals surface area (Å²) in [6.07, 6.45) is 3.54. The minimum atomic E-state index is -3.52. The lowest BCUT2D eigenvalue weighted by Crippen LogP contribution is -2.33. The number of nitrogens with zero attached hydrogens (tertiary/aromatic N) is 1. The number of benzene rings is 1. The molecule has 0 aliphatic heterocycles. The van der Waals surface area contributed by atoms with Crippen LogP contribution in [0.1, 0.15) is 24.1 Å². The Hall–Kier alpha value is -1.50. The Bertz CT molecular complexity index is 808. The minimum Gasteiger partial charge on any atom is -0.261 e. The predicted molar refractivity (Wildman–Crippen MR) is 87.2 cm³/mol. The van der Waals surface area contributed by atoms with Gasteiger partial charge in [-0.05, 0) is 42.7 Å². The van der Waals surface area contributed by atoms with E-state index in [-0.39, 0.29) is 16.2 Å². The van der Waals surface area contributed by atoms with E-state index in [9.17, 15) is 12.8 Å². The van der Waals surface area contributed by atoms with Crippen LogP contribution >= 0.6 is 11.6 Å². The van der Waals surface area contributed by atoms with Crippen molar-refractivity contribution in [1.29, 1.82) is 0 Å². The molecule has 1 fully saturated rings. The molecule has 1 saturated carbocycles. The molecule has 0 unspecified atom stereocenters. The first kappa shape index (κ1) is 16.4. The maximum atomic E-state index is 13.1. The Labute approximate surface area is 139 Å². The van der Waals surface area contributed by atoms with Crippen molar-refractivity contribution in [3.63, 3.8) is 0 Å². The second-order valence-electron chi connectivity index (χ2n) is 5.82. The smallest absolute Gasteiger partial charge is 0.215 e. The highest BCUT2D eigenvalue weighted by Gasteiger charge is 2.45. The molecule has 0 bridgehead atoms. The van der Waals surface area contributed by atoms with Crippen molar-refractivity contribution >= 4 is 21.6 Å². The van der Waals surface area contributed by atoms with Crippen molar-refractivity contribution in [1.82, 2.24) is 9.71 Å². The van der Waals surface area contributed by atoms with Crippen LogP contribution in [0.3, 0.4) is 0 Å². The van der Waals surface area contributed by atoms with Gasteiger partial charge in [0.25, 0.3) is 0 Å². The molecule has 2 aromatic rings. The Morgan fingerprint density at radius 3 is 2.65 bits per heavy atom. The monoisotopic (exact) mass is 354 g/mol. The van der Waals surface area contributed by atoms with E-state index in [2.05, 4.69) is 9.71 Å². The number of nitrogens with one attached hydrogen (secondary N) is 1. The third-order valence-corrected chi connectivity index (χ3v) is 5.62. The zero-order valence-electron chi connectivity index (χ0n) is 12.3. The van der Waals surface area contributed by atoms with Crippen LogP contribution in [0.4, 0.5) is 4.39 Å². The summed E-state index contributed by atoms with van der Waals surface area (Å²) in [5, 5.41) is -0.0788. The first-order chi connectivity index (χ1) is 10.9. The molecule has 1 aliphatic carbocycles. The van der Waals surface area contributed by atoms with Gasteiger partial charge in [-0.15, -0.1) is 0 Å². The summed E-state index contributed by atoms with van der Waals surface area (Å²) in [6, 6.07) is 9.58. The largest absolute Gasteiger partial charge is 0.261 e. The lowest BCUT2D eigenvalue weighted by molar-refractivity contribution is 0.563. The summed E-state index contributed by atoms with van der Waals surface area (Å²) in [7, 11) is -3.52. The summed E-state index contributed by atoms with van der Waals surface area (Å²) in [5.41, 5.74) is 1.16. The quantitative estimate of drug-likeness (QED) is 0.867. The fraction of sp³-hybridized carbons (Fsp3) is 0.312. The van der Waals surface area contributed by atoms with Gasteiger partial charge in [-0.2, -0.15) is 0 Å². The van der Waals surface area contributed by atoms with Gasteiger partial charge in [-0.1, -0.05) is 23.7 Å². The first-order valence-electron chi connectivity index (χ1n) is 7.23. The van der Waals surface area contributed by atoms with Gasteiger partial charge in [0.05, 0.1) is 10.8 Å². The molecule has 122 valence electrons. The van der Waals surface area contributed by atoms with E-state index >= 15 is 0 Å². The van der Waals surface area contributed by atoms with Crippen molar-refractivity contribution < 1.29 is 12.8 Å². The molecule has 7 heteroatoms. The van der Waals surface area contributed by atoms with Crippen molar-refractivity contribution in [3.05, 3.63) is 64.7 Å². The molecular weight excluding hydrogens is 339 g/mol. The molecule has 4 nitrogen and oxygen atoms in total. The van der Waals surface area contributed by atoms with Crippen LogP contribution in [0, 0.1) is 5.82 Å². The molecule has 0 amide bonds. The predicted octanol–water partition coefficient (Wildman–Crippen LogP) is 3.03. The molecule has 1 aromatic carbocycles. The zero-order chi connectivity index (χ0) is 16.5. The summed E-state index contributed by atoms with van der Waals surface area (Å²) < 4.78 is 40.2. The van der Waals surface area contributed by atoms with Crippen LogP contribution in [0.25, 0.3) is 0 Å². The number of pyridine rings is 1. The molecule has 0 radical (unpaired) electrons. The number of aromatic nitrogens is 1. The molecule has 1 aliphatic rings. The topological polar surface area (TPSA) is 59.1 Å². The highest BCUT2D eigenvalue weighted by molar-refractivity contribution is 7.88. The summed E-state index contributed by atoms with van der Waals surface area (Å²) in [5.74, 6) is -0.793. The molecule has 0 spiro atoms. The molecule has 1 aromatic heterocycles. The SMILES string of the molecule is O=S(=O)(Cc1ccc(F)c(Cl)c1)NCC1(c2ccccn2)CC1. The lowest BCUT2D eigenvalue weighted by Gasteiger charge is -2.15. The molecule has 1 N–H and O–H groups in total. The summed E-state index contributed by atoms with van der Waals surface area (Å²) in [4.78, 5) is 4.32. The van der Waals surface area contributed by atoms with Gasteiger partial charge >= 0.3 is 0 Å². The van der Waals surface area contributed by atoms with E-state index < -0.39 is 15.8 Å². The van der Waals surface area contributed by atoms with Crippen LogP contribution in [0.15, 0.2) is 42.6 Å². The second kappa shape index (κ2) is 6.19. The number of halogens is 2. The van der Waals surface area contributed by atoms with Crippen LogP contribution in [-0.4, -0.2) is 19.9 Å².